The van der Waals surface area contributed by atoms with Crippen LogP contribution in [0.5, 0.6) is 0 Å². The molecule has 1 heterocycles. The van der Waals surface area contributed by atoms with Crippen molar-refractivity contribution < 1.29 is 14.1 Å². The number of nitrogens with zero attached hydrogens (tertiary/aromatic N) is 2. The van der Waals surface area contributed by atoms with Gasteiger partial charge in [-0.3, -0.25) is 0 Å². The van der Waals surface area contributed by atoms with Crippen LogP contribution in [0.1, 0.15) is 22.8 Å². The SMILES string of the molecule is CCOC(=O)c1conc1-c1cccc(C#N)c1. The largest absolute Gasteiger partial charge is 0.462 e. The van der Waals surface area contributed by atoms with E-state index in [0.717, 1.165) is 0 Å². The molecule has 0 N–H and O–H groups in total. The molecular weight excluding hydrogens is 232 g/mol. The average molecular weight is 242 g/mol. The Morgan fingerprint density at radius 2 is 2.39 bits per heavy atom. The summed E-state index contributed by atoms with van der Waals surface area (Å²) in [6.07, 6.45) is 1.24. The van der Waals surface area contributed by atoms with E-state index in [1.165, 1.54) is 6.26 Å². The Kier molecular flexibility index (Phi) is 3.39. The number of rotatable bonds is 3. The molecule has 0 aliphatic heterocycles. The lowest BCUT2D eigenvalue weighted by atomic mass is 10.1. The van der Waals surface area contributed by atoms with Gasteiger partial charge >= 0.3 is 5.97 Å². The molecule has 0 radical (unpaired) electrons. The maximum absolute atomic E-state index is 11.7. The van der Waals surface area contributed by atoms with Crippen LogP contribution >= 0.6 is 0 Å². The van der Waals surface area contributed by atoms with Gasteiger partial charge in [0, 0.05) is 5.56 Å². The summed E-state index contributed by atoms with van der Waals surface area (Å²) >= 11 is 0. The quantitative estimate of drug-likeness (QED) is 0.772. The summed E-state index contributed by atoms with van der Waals surface area (Å²) in [6, 6.07) is 8.81. The predicted molar refractivity (Wildman–Crippen MR) is 62.6 cm³/mol. The van der Waals surface area contributed by atoms with Gasteiger partial charge in [-0.1, -0.05) is 17.3 Å². The van der Waals surface area contributed by atoms with E-state index >= 15 is 0 Å². The monoisotopic (exact) mass is 242 g/mol. The maximum atomic E-state index is 11.7. The van der Waals surface area contributed by atoms with Gasteiger partial charge in [0.05, 0.1) is 18.2 Å². The molecule has 0 atom stereocenters. The Morgan fingerprint density at radius 3 is 3.11 bits per heavy atom. The summed E-state index contributed by atoms with van der Waals surface area (Å²) in [7, 11) is 0. The fourth-order valence-corrected chi connectivity index (χ4v) is 1.53. The van der Waals surface area contributed by atoms with E-state index < -0.39 is 5.97 Å². The molecular formula is C13H10N2O3. The molecule has 0 unspecified atom stereocenters. The molecule has 5 heteroatoms. The van der Waals surface area contributed by atoms with Gasteiger partial charge in [-0.15, -0.1) is 0 Å². The van der Waals surface area contributed by atoms with Gasteiger partial charge in [-0.25, -0.2) is 4.79 Å². The van der Waals surface area contributed by atoms with Crippen LogP contribution in [0.2, 0.25) is 0 Å². The molecule has 90 valence electrons. The lowest BCUT2D eigenvalue weighted by Gasteiger charge is -2.01. The summed E-state index contributed by atoms with van der Waals surface area (Å²) in [5.41, 5.74) is 1.77. The third-order valence-corrected chi connectivity index (χ3v) is 2.33. The van der Waals surface area contributed by atoms with Crippen LogP contribution in [0.4, 0.5) is 0 Å². The van der Waals surface area contributed by atoms with Crippen molar-refractivity contribution in [3.63, 3.8) is 0 Å². The molecule has 0 fully saturated rings. The molecule has 5 nitrogen and oxygen atoms in total. The highest BCUT2D eigenvalue weighted by Gasteiger charge is 2.18. The number of carbonyl (C=O) groups is 1. The van der Waals surface area contributed by atoms with Crippen LogP contribution in [0, 0.1) is 11.3 Å². The molecule has 0 saturated carbocycles. The Bertz CT molecular complexity index is 611. The zero-order valence-electron chi connectivity index (χ0n) is 9.71. The summed E-state index contributed by atoms with van der Waals surface area (Å²) in [5.74, 6) is -0.490. The molecule has 2 rings (SSSR count). The normalized spacial score (nSPS) is 9.78. The summed E-state index contributed by atoms with van der Waals surface area (Å²) in [4.78, 5) is 11.7. The first-order valence-electron chi connectivity index (χ1n) is 5.38. The molecule has 0 spiro atoms. The van der Waals surface area contributed by atoms with E-state index in [1.54, 1.807) is 31.2 Å². The van der Waals surface area contributed by atoms with Crippen molar-refractivity contribution in [2.45, 2.75) is 6.92 Å². The molecule has 18 heavy (non-hydrogen) atoms. The summed E-state index contributed by atoms with van der Waals surface area (Å²) < 4.78 is 9.71. The second kappa shape index (κ2) is 5.15. The number of esters is 1. The van der Waals surface area contributed by atoms with Crippen LogP contribution in [0.25, 0.3) is 11.3 Å². The molecule has 0 aliphatic rings. The van der Waals surface area contributed by atoms with E-state index in [2.05, 4.69) is 5.16 Å². The summed E-state index contributed by atoms with van der Waals surface area (Å²) in [6.45, 7) is 2.00. The fraction of sp³-hybridized carbons (Fsp3) is 0.154. The standard InChI is InChI=1S/C13H10N2O3/c1-2-17-13(16)11-8-18-15-12(11)10-5-3-4-9(6-10)7-14/h3-6,8H,2H2,1H3. The Morgan fingerprint density at radius 1 is 1.56 bits per heavy atom. The lowest BCUT2D eigenvalue weighted by Crippen LogP contribution is -2.04. The van der Waals surface area contributed by atoms with Gasteiger partial charge in [0.1, 0.15) is 17.5 Å². The van der Waals surface area contributed by atoms with E-state index in [4.69, 9.17) is 14.5 Å². The fourth-order valence-electron chi connectivity index (χ4n) is 1.53. The Hall–Kier alpha value is -2.61. The van der Waals surface area contributed by atoms with Crippen molar-refractivity contribution in [3.8, 4) is 17.3 Å². The molecule has 0 saturated heterocycles. The Labute approximate surface area is 104 Å². The molecule has 1 aromatic heterocycles. The van der Waals surface area contributed by atoms with E-state index in [1.807, 2.05) is 6.07 Å². The van der Waals surface area contributed by atoms with Gasteiger partial charge in [0.2, 0.25) is 0 Å². The van der Waals surface area contributed by atoms with Gasteiger partial charge in [0.15, 0.2) is 0 Å². The number of hydrogen-bond acceptors (Lipinski definition) is 5. The molecule has 0 amide bonds. The first-order valence-corrected chi connectivity index (χ1v) is 5.38. The second-order valence-electron chi connectivity index (χ2n) is 3.49. The third kappa shape index (κ3) is 2.23. The topological polar surface area (TPSA) is 76.1 Å². The number of carbonyl (C=O) groups excluding carboxylic acids is 1. The number of benzene rings is 1. The van der Waals surface area contributed by atoms with Crippen molar-refractivity contribution in [1.29, 1.82) is 5.26 Å². The van der Waals surface area contributed by atoms with Crippen molar-refractivity contribution in [3.05, 3.63) is 41.7 Å². The molecule has 2 aromatic rings. The predicted octanol–water partition coefficient (Wildman–Crippen LogP) is 2.39. The smallest absolute Gasteiger partial charge is 0.343 e. The van der Waals surface area contributed by atoms with E-state index in [0.29, 0.717) is 16.8 Å². The molecule has 0 aliphatic carbocycles. The molecule has 1 aromatic carbocycles. The van der Waals surface area contributed by atoms with Gasteiger partial charge in [-0.05, 0) is 19.1 Å². The Balaban J connectivity index is 2.42. The highest BCUT2D eigenvalue weighted by molar-refractivity contribution is 5.95. The van der Waals surface area contributed by atoms with Gasteiger partial charge in [-0.2, -0.15) is 5.26 Å². The number of aromatic nitrogens is 1. The van der Waals surface area contributed by atoms with E-state index in [-0.39, 0.29) is 12.2 Å². The number of hydrogen-bond donors (Lipinski definition) is 0. The average Bonchev–Trinajstić information content (AvgIpc) is 2.88. The number of nitriles is 1. The van der Waals surface area contributed by atoms with E-state index in [9.17, 15) is 4.79 Å². The highest BCUT2D eigenvalue weighted by atomic mass is 16.5. The third-order valence-electron chi connectivity index (χ3n) is 2.33. The van der Waals surface area contributed by atoms with Crippen molar-refractivity contribution in [2.75, 3.05) is 6.61 Å². The van der Waals surface area contributed by atoms with Crippen LogP contribution in [-0.2, 0) is 4.74 Å². The molecule has 0 bridgehead atoms. The number of ether oxygens (including phenoxy) is 1. The maximum Gasteiger partial charge on any atom is 0.343 e. The van der Waals surface area contributed by atoms with Crippen LogP contribution in [0.15, 0.2) is 35.1 Å². The van der Waals surface area contributed by atoms with Crippen LogP contribution < -0.4 is 0 Å². The zero-order chi connectivity index (χ0) is 13.0. The first kappa shape index (κ1) is 11.9. The zero-order valence-corrected chi connectivity index (χ0v) is 9.71. The van der Waals surface area contributed by atoms with Crippen molar-refractivity contribution in [2.24, 2.45) is 0 Å². The first-order chi connectivity index (χ1) is 8.76. The van der Waals surface area contributed by atoms with Crippen LogP contribution in [-0.4, -0.2) is 17.7 Å². The lowest BCUT2D eigenvalue weighted by molar-refractivity contribution is 0.0526. The van der Waals surface area contributed by atoms with Crippen molar-refractivity contribution >= 4 is 5.97 Å². The van der Waals surface area contributed by atoms with Gasteiger partial charge < -0.3 is 9.26 Å². The minimum atomic E-state index is -0.490. The second-order valence-corrected chi connectivity index (χ2v) is 3.49. The minimum Gasteiger partial charge on any atom is -0.462 e. The minimum absolute atomic E-state index is 0.256. The highest BCUT2D eigenvalue weighted by Crippen LogP contribution is 2.23. The van der Waals surface area contributed by atoms with Gasteiger partial charge in [0.25, 0.3) is 0 Å². The van der Waals surface area contributed by atoms with Crippen LogP contribution in [0.3, 0.4) is 0 Å². The van der Waals surface area contributed by atoms with Crippen molar-refractivity contribution in [1.82, 2.24) is 5.16 Å². The summed E-state index contributed by atoms with van der Waals surface area (Å²) in [5, 5.41) is 12.6.